The summed E-state index contributed by atoms with van der Waals surface area (Å²) in [6.07, 6.45) is 0.280. The van der Waals surface area contributed by atoms with Crippen LogP contribution in [0.4, 0.5) is 5.69 Å². The van der Waals surface area contributed by atoms with Crippen molar-refractivity contribution in [1.29, 1.82) is 0 Å². The van der Waals surface area contributed by atoms with Crippen LogP contribution in [-0.4, -0.2) is 24.1 Å². The van der Waals surface area contributed by atoms with Crippen LogP contribution in [0.3, 0.4) is 0 Å². The lowest BCUT2D eigenvalue weighted by atomic mass is 10.0. The maximum Gasteiger partial charge on any atom is 0.311 e. The van der Waals surface area contributed by atoms with Crippen LogP contribution in [0.15, 0.2) is 24.3 Å². The molecule has 6 heteroatoms. The minimum absolute atomic E-state index is 0.0951. The molecule has 0 amide bonds. The fraction of sp³-hybridized carbons (Fsp3) is 0.364. The van der Waals surface area contributed by atoms with Crippen molar-refractivity contribution < 1.29 is 19.2 Å². The third-order valence-corrected chi connectivity index (χ3v) is 2.42. The average Bonchev–Trinajstić information content (AvgIpc) is 2.24. The molecule has 1 fully saturated rings. The van der Waals surface area contributed by atoms with Gasteiger partial charge in [-0.15, -0.1) is 0 Å². The van der Waals surface area contributed by atoms with Crippen LogP contribution < -0.4 is 4.74 Å². The predicted molar refractivity (Wildman–Crippen MR) is 57.7 cm³/mol. The number of nitro groups is 1. The molecule has 1 aromatic carbocycles. The zero-order valence-electron chi connectivity index (χ0n) is 9.00. The van der Waals surface area contributed by atoms with E-state index in [1.807, 2.05) is 0 Å². The van der Waals surface area contributed by atoms with Crippen molar-refractivity contribution in [1.82, 2.24) is 0 Å². The number of hydrogen-bond donors (Lipinski definition) is 0. The zero-order valence-corrected chi connectivity index (χ0v) is 9.00. The summed E-state index contributed by atoms with van der Waals surface area (Å²) in [5, 5.41) is 10.5. The highest BCUT2D eigenvalue weighted by molar-refractivity contribution is 5.73. The van der Waals surface area contributed by atoms with E-state index in [4.69, 9.17) is 9.47 Å². The summed E-state index contributed by atoms with van der Waals surface area (Å²) < 4.78 is 9.95. The van der Waals surface area contributed by atoms with E-state index in [2.05, 4.69) is 0 Å². The van der Waals surface area contributed by atoms with Gasteiger partial charge in [-0.3, -0.25) is 14.9 Å². The Morgan fingerprint density at radius 2 is 2.29 bits per heavy atom. The van der Waals surface area contributed by atoms with Gasteiger partial charge in [0, 0.05) is 12.0 Å². The van der Waals surface area contributed by atoms with Crippen molar-refractivity contribution >= 4 is 11.7 Å². The summed E-state index contributed by atoms with van der Waals surface area (Å²) in [5.74, 6) is 0.0180. The zero-order chi connectivity index (χ0) is 12.3. The number of carbonyl (C=O) groups is 1. The van der Waals surface area contributed by atoms with E-state index in [0.717, 1.165) is 0 Å². The Morgan fingerprint density at radius 3 is 2.88 bits per heavy atom. The third-order valence-electron chi connectivity index (χ3n) is 2.42. The fourth-order valence-corrected chi connectivity index (χ4v) is 1.47. The van der Waals surface area contributed by atoms with Crippen LogP contribution >= 0.6 is 0 Å². The van der Waals surface area contributed by atoms with E-state index in [-0.39, 0.29) is 23.8 Å². The number of hydrogen-bond acceptors (Lipinski definition) is 5. The summed E-state index contributed by atoms with van der Waals surface area (Å²) in [6, 6.07) is 5.57. The van der Waals surface area contributed by atoms with E-state index in [1.165, 1.54) is 24.3 Å². The number of ether oxygens (including phenoxy) is 2. The minimum Gasteiger partial charge on any atom is -0.426 e. The van der Waals surface area contributed by atoms with Gasteiger partial charge in [0.1, 0.15) is 5.75 Å². The Hall–Kier alpha value is -1.95. The van der Waals surface area contributed by atoms with E-state index in [0.29, 0.717) is 13.2 Å². The summed E-state index contributed by atoms with van der Waals surface area (Å²) in [6.45, 7) is 1.15. The summed E-state index contributed by atoms with van der Waals surface area (Å²) >= 11 is 0. The molecule has 2 rings (SSSR count). The second-order valence-electron chi connectivity index (χ2n) is 3.84. The van der Waals surface area contributed by atoms with Crippen molar-refractivity contribution in [2.75, 3.05) is 13.2 Å². The van der Waals surface area contributed by atoms with Gasteiger partial charge in [0.2, 0.25) is 0 Å². The van der Waals surface area contributed by atoms with Crippen molar-refractivity contribution in [2.45, 2.75) is 6.42 Å². The highest BCUT2D eigenvalue weighted by atomic mass is 16.6. The molecule has 1 heterocycles. The summed E-state index contributed by atoms with van der Waals surface area (Å²) in [7, 11) is 0. The van der Waals surface area contributed by atoms with Gasteiger partial charge in [-0.05, 0) is 6.07 Å². The molecule has 1 saturated heterocycles. The first-order chi connectivity index (χ1) is 8.15. The first-order valence-electron chi connectivity index (χ1n) is 5.18. The highest BCUT2D eigenvalue weighted by Gasteiger charge is 2.23. The number of non-ortho nitro benzene ring substituents is 1. The predicted octanol–water partition coefficient (Wildman–Crippen LogP) is 1.54. The Labute approximate surface area is 97.3 Å². The van der Waals surface area contributed by atoms with E-state index >= 15 is 0 Å². The van der Waals surface area contributed by atoms with Gasteiger partial charge in [0.25, 0.3) is 5.69 Å². The molecule has 0 spiro atoms. The van der Waals surface area contributed by atoms with Gasteiger partial charge in [-0.1, -0.05) is 6.07 Å². The van der Waals surface area contributed by atoms with Crippen LogP contribution in [0.25, 0.3) is 0 Å². The number of benzene rings is 1. The Balaban J connectivity index is 1.95. The number of rotatable bonds is 4. The highest BCUT2D eigenvalue weighted by Crippen LogP contribution is 2.21. The first-order valence-corrected chi connectivity index (χ1v) is 5.18. The molecule has 0 aliphatic carbocycles. The number of carbonyl (C=O) groups excluding carboxylic acids is 1. The van der Waals surface area contributed by atoms with Crippen LogP contribution in [0.1, 0.15) is 6.42 Å². The quantitative estimate of drug-likeness (QED) is 0.343. The number of nitro benzene ring substituents is 1. The second-order valence-corrected chi connectivity index (χ2v) is 3.84. The van der Waals surface area contributed by atoms with E-state index in [9.17, 15) is 14.9 Å². The molecule has 1 aromatic rings. The monoisotopic (exact) mass is 237 g/mol. The Bertz CT molecular complexity index is 441. The molecule has 1 aliphatic rings. The molecule has 0 atom stereocenters. The lowest BCUT2D eigenvalue weighted by Crippen LogP contribution is -2.30. The van der Waals surface area contributed by atoms with Crippen molar-refractivity contribution in [3.63, 3.8) is 0 Å². The lowest BCUT2D eigenvalue weighted by Gasteiger charge is -2.24. The molecule has 0 saturated carbocycles. The topological polar surface area (TPSA) is 78.7 Å². The summed E-state index contributed by atoms with van der Waals surface area (Å²) in [4.78, 5) is 21.4. The largest absolute Gasteiger partial charge is 0.426 e. The van der Waals surface area contributed by atoms with Gasteiger partial charge in [0.15, 0.2) is 0 Å². The second kappa shape index (κ2) is 4.92. The molecule has 17 heavy (non-hydrogen) atoms. The third kappa shape index (κ3) is 3.01. The van der Waals surface area contributed by atoms with Gasteiger partial charge in [-0.2, -0.15) is 0 Å². The maximum atomic E-state index is 11.4. The Morgan fingerprint density at radius 1 is 1.53 bits per heavy atom. The molecule has 6 nitrogen and oxygen atoms in total. The standard InChI is InChI=1S/C11H11NO5/c13-11(4-8-6-16-7-8)17-10-3-1-2-9(5-10)12(14)15/h1-3,5,8H,4,6-7H2. The smallest absolute Gasteiger partial charge is 0.311 e. The molecule has 0 N–H and O–H groups in total. The molecule has 90 valence electrons. The van der Waals surface area contributed by atoms with E-state index < -0.39 is 10.9 Å². The van der Waals surface area contributed by atoms with E-state index in [1.54, 1.807) is 0 Å². The normalized spacial score (nSPS) is 15.1. The SMILES string of the molecule is O=C(CC1COC1)Oc1cccc([N+](=O)[O-])c1. The van der Waals surface area contributed by atoms with Crippen molar-refractivity contribution in [2.24, 2.45) is 5.92 Å². The number of esters is 1. The first kappa shape index (κ1) is 11.5. The Kier molecular flexibility index (Phi) is 3.34. The van der Waals surface area contributed by atoms with Crippen LogP contribution in [0.5, 0.6) is 5.75 Å². The molecule has 0 aromatic heterocycles. The van der Waals surface area contributed by atoms with Crippen molar-refractivity contribution in [3.05, 3.63) is 34.4 Å². The minimum atomic E-state index is -0.531. The maximum absolute atomic E-state index is 11.4. The van der Waals surface area contributed by atoms with Crippen LogP contribution in [0.2, 0.25) is 0 Å². The lowest BCUT2D eigenvalue weighted by molar-refractivity contribution is -0.384. The molecule has 0 unspecified atom stereocenters. The molecule has 1 aliphatic heterocycles. The van der Waals surface area contributed by atoms with Crippen LogP contribution in [-0.2, 0) is 9.53 Å². The average molecular weight is 237 g/mol. The molecular weight excluding hydrogens is 226 g/mol. The van der Waals surface area contributed by atoms with Gasteiger partial charge in [-0.25, -0.2) is 0 Å². The van der Waals surface area contributed by atoms with Crippen molar-refractivity contribution in [3.8, 4) is 5.75 Å². The fourth-order valence-electron chi connectivity index (χ4n) is 1.47. The van der Waals surface area contributed by atoms with Gasteiger partial charge >= 0.3 is 5.97 Å². The molecular formula is C11H11NO5. The number of nitrogens with zero attached hydrogens (tertiary/aromatic N) is 1. The van der Waals surface area contributed by atoms with Gasteiger partial charge in [0.05, 0.1) is 30.6 Å². The molecule has 0 bridgehead atoms. The molecule has 0 radical (unpaired) electrons. The van der Waals surface area contributed by atoms with Gasteiger partial charge < -0.3 is 9.47 Å². The van der Waals surface area contributed by atoms with Crippen LogP contribution in [0, 0.1) is 16.0 Å². The summed E-state index contributed by atoms with van der Waals surface area (Å²) in [5.41, 5.74) is -0.0951.